The first-order valence-electron chi connectivity index (χ1n) is 10.2. The summed E-state index contributed by atoms with van der Waals surface area (Å²) in [6, 6.07) is 17.9. The Balaban J connectivity index is 1.31. The highest BCUT2D eigenvalue weighted by Crippen LogP contribution is 2.23. The molecule has 0 spiro atoms. The molecule has 32 heavy (non-hydrogen) atoms. The van der Waals surface area contributed by atoms with Crippen molar-refractivity contribution in [2.75, 3.05) is 12.4 Å². The zero-order valence-corrected chi connectivity index (χ0v) is 17.7. The Kier molecular flexibility index (Phi) is 5.17. The molecule has 0 saturated heterocycles. The molecule has 0 radical (unpaired) electrons. The summed E-state index contributed by atoms with van der Waals surface area (Å²) >= 11 is 0. The number of aryl methyl sites for hydroxylation is 1. The average Bonchev–Trinajstić information content (AvgIpc) is 3.27. The van der Waals surface area contributed by atoms with Crippen LogP contribution in [0.4, 0.5) is 5.82 Å². The molecule has 5 aromatic rings. The number of anilines is 1. The number of rotatable bonds is 6. The number of benzene rings is 1. The van der Waals surface area contributed by atoms with Crippen molar-refractivity contribution in [3.63, 3.8) is 0 Å². The van der Waals surface area contributed by atoms with E-state index in [1.807, 2.05) is 47.9 Å². The molecular formula is C24H21N7O. The molecule has 0 atom stereocenters. The van der Waals surface area contributed by atoms with Gasteiger partial charge in [-0.15, -0.1) is 0 Å². The smallest absolute Gasteiger partial charge is 0.140 e. The van der Waals surface area contributed by atoms with E-state index < -0.39 is 0 Å². The van der Waals surface area contributed by atoms with Gasteiger partial charge in [0.25, 0.3) is 0 Å². The quantitative estimate of drug-likeness (QED) is 0.438. The van der Waals surface area contributed by atoms with Gasteiger partial charge in [0.05, 0.1) is 36.1 Å². The summed E-state index contributed by atoms with van der Waals surface area (Å²) < 4.78 is 7.25. The normalized spacial score (nSPS) is 10.9. The van der Waals surface area contributed by atoms with Gasteiger partial charge in [0.15, 0.2) is 0 Å². The SMILES string of the molecule is COc1ccn2c(-c3cc(NCc4ccc(-c5ccc(C)nn5)cc4)ncn3)cnc2c1. The summed E-state index contributed by atoms with van der Waals surface area (Å²) in [7, 11) is 1.64. The molecule has 1 N–H and O–H groups in total. The lowest BCUT2D eigenvalue weighted by Crippen LogP contribution is -2.02. The van der Waals surface area contributed by atoms with E-state index in [9.17, 15) is 0 Å². The number of nitrogens with one attached hydrogen (secondary N) is 1. The third-order valence-electron chi connectivity index (χ3n) is 5.17. The summed E-state index contributed by atoms with van der Waals surface area (Å²) in [4.78, 5) is 13.2. The van der Waals surface area contributed by atoms with E-state index in [1.54, 1.807) is 19.6 Å². The number of aromatic nitrogens is 6. The van der Waals surface area contributed by atoms with E-state index >= 15 is 0 Å². The molecule has 0 aliphatic heterocycles. The second kappa shape index (κ2) is 8.43. The molecule has 158 valence electrons. The van der Waals surface area contributed by atoms with Crippen LogP contribution >= 0.6 is 0 Å². The maximum absolute atomic E-state index is 5.27. The lowest BCUT2D eigenvalue weighted by atomic mass is 10.1. The Labute approximate surface area is 185 Å². The van der Waals surface area contributed by atoms with Gasteiger partial charge in [-0.1, -0.05) is 24.3 Å². The Morgan fingerprint density at radius 3 is 2.56 bits per heavy atom. The zero-order valence-electron chi connectivity index (χ0n) is 17.7. The summed E-state index contributed by atoms with van der Waals surface area (Å²) in [6.45, 7) is 2.57. The molecule has 8 heteroatoms. The van der Waals surface area contributed by atoms with Crippen LogP contribution in [0.5, 0.6) is 5.75 Å². The van der Waals surface area contributed by atoms with Gasteiger partial charge in [0.1, 0.15) is 23.5 Å². The topological polar surface area (TPSA) is 90.1 Å². The molecule has 4 aromatic heterocycles. The third kappa shape index (κ3) is 3.98. The lowest BCUT2D eigenvalue weighted by molar-refractivity contribution is 0.414. The molecule has 0 aliphatic carbocycles. The van der Waals surface area contributed by atoms with Crippen LogP contribution in [0, 0.1) is 6.92 Å². The standard InChI is InChI=1S/C24H21N7O/c1-16-3-8-20(30-29-16)18-6-4-17(5-7-18)13-25-23-12-21(27-15-28-23)22-14-26-24-11-19(32-2)9-10-31(22)24/h3-12,14-15H,13H2,1-2H3,(H,25,27,28). The Morgan fingerprint density at radius 2 is 1.78 bits per heavy atom. The van der Waals surface area contributed by atoms with Crippen LogP contribution in [0.2, 0.25) is 0 Å². The number of imidazole rings is 1. The predicted molar refractivity (Wildman–Crippen MR) is 122 cm³/mol. The van der Waals surface area contributed by atoms with Gasteiger partial charge in [0.2, 0.25) is 0 Å². The molecule has 0 fully saturated rings. The van der Waals surface area contributed by atoms with Crippen LogP contribution in [0.25, 0.3) is 28.3 Å². The van der Waals surface area contributed by atoms with Crippen LogP contribution in [-0.2, 0) is 6.54 Å². The van der Waals surface area contributed by atoms with E-state index in [-0.39, 0.29) is 0 Å². The molecule has 1 aromatic carbocycles. The average molecular weight is 423 g/mol. The molecule has 4 heterocycles. The number of pyridine rings is 1. The van der Waals surface area contributed by atoms with Crippen molar-refractivity contribution in [1.29, 1.82) is 0 Å². The number of ether oxygens (including phenoxy) is 1. The number of hydrogen-bond acceptors (Lipinski definition) is 7. The van der Waals surface area contributed by atoms with Gasteiger partial charge < -0.3 is 10.1 Å². The number of nitrogens with zero attached hydrogens (tertiary/aromatic N) is 6. The van der Waals surface area contributed by atoms with E-state index in [0.29, 0.717) is 6.54 Å². The van der Waals surface area contributed by atoms with Crippen molar-refractivity contribution < 1.29 is 4.74 Å². The van der Waals surface area contributed by atoms with E-state index in [1.165, 1.54) is 0 Å². The van der Waals surface area contributed by atoms with Crippen LogP contribution < -0.4 is 10.1 Å². The zero-order chi connectivity index (χ0) is 21.9. The van der Waals surface area contributed by atoms with Gasteiger partial charge in [0, 0.05) is 30.4 Å². The van der Waals surface area contributed by atoms with Crippen molar-refractivity contribution in [2.24, 2.45) is 0 Å². The summed E-state index contributed by atoms with van der Waals surface area (Å²) in [5.41, 5.74) is 6.41. The first kappa shape index (κ1) is 19.6. The summed E-state index contributed by atoms with van der Waals surface area (Å²) in [6.07, 6.45) is 5.28. The summed E-state index contributed by atoms with van der Waals surface area (Å²) in [5.74, 6) is 1.51. The molecule has 5 rings (SSSR count). The van der Waals surface area contributed by atoms with Crippen molar-refractivity contribution in [3.05, 3.63) is 84.6 Å². The first-order valence-corrected chi connectivity index (χ1v) is 10.2. The number of methoxy groups -OCH3 is 1. The molecular weight excluding hydrogens is 402 g/mol. The van der Waals surface area contributed by atoms with Gasteiger partial charge in [-0.05, 0) is 30.7 Å². The third-order valence-corrected chi connectivity index (χ3v) is 5.17. The van der Waals surface area contributed by atoms with Crippen LogP contribution in [-0.4, -0.2) is 36.7 Å². The highest BCUT2D eigenvalue weighted by atomic mass is 16.5. The minimum Gasteiger partial charge on any atom is -0.497 e. The van der Waals surface area contributed by atoms with Crippen LogP contribution in [0.3, 0.4) is 0 Å². The fourth-order valence-corrected chi connectivity index (χ4v) is 3.41. The molecule has 0 aliphatic rings. The number of hydrogen-bond donors (Lipinski definition) is 1. The predicted octanol–water partition coefficient (Wildman–Crippen LogP) is 4.18. The lowest BCUT2D eigenvalue weighted by Gasteiger charge is -2.08. The van der Waals surface area contributed by atoms with Crippen LogP contribution in [0.1, 0.15) is 11.3 Å². The largest absolute Gasteiger partial charge is 0.497 e. The van der Waals surface area contributed by atoms with E-state index in [4.69, 9.17) is 4.74 Å². The Bertz CT molecular complexity index is 1360. The maximum atomic E-state index is 5.27. The molecule has 0 unspecified atom stereocenters. The van der Waals surface area contributed by atoms with Crippen molar-refractivity contribution in [1.82, 2.24) is 29.5 Å². The monoisotopic (exact) mass is 423 g/mol. The van der Waals surface area contributed by atoms with Gasteiger partial charge >= 0.3 is 0 Å². The van der Waals surface area contributed by atoms with Crippen molar-refractivity contribution in [2.45, 2.75) is 13.5 Å². The first-order chi connectivity index (χ1) is 15.7. The fourth-order valence-electron chi connectivity index (χ4n) is 3.41. The molecule has 8 nitrogen and oxygen atoms in total. The van der Waals surface area contributed by atoms with Gasteiger partial charge in [-0.2, -0.15) is 10.2 Å². The van der Waals surface area contributed by atoms with Crippen molar-refractivity contribution >= 4 is 11.5 Å². The highest BCUT2D eigenvalue weighted by Gasteiger charge is 2.09. The van der Waals surface area contributed by atoms with Gasteiger partial charge in [-0.25, -0.2) is 15.0 Å². The minimum atomic E-state index is 0.640. The van der Waals surface area contributed by atoms with Crippen molar-refractivity contribution in [3.8, 4) is 28.4 Å². The maximum Gasteiger partial charge on any atom is 0.140 e. The Morgan fingerprint density at radius 1 is 0.906 bits per heavy atom. The molecule has 0 saturated carbocycles. The molecule has 0 bridgehead atoms. The van der Waals surface area contributed by atoms with Gasteiger partial charge in [-0.3, -0.25) is 4.40 Å². The van der Waals surface area contributed by atoms with E-state index in [2.05, 4.69) is 54.7 Å². The Hall–Kier alpha value is -4.33. The second-order valence-electron chi connectivity index (χ2n) is 7.34. The number of fused-ring (bicyclic) bond motifs is 1. The van der Waals surface area contributed by atoms with Crippen LogP contribution in [0.15, 0.2) is 73.3 Å². The molecule has 0 amide bonds. The fraction of sp³-hybridized carbons (Fsp3) is 0.125. The minimum absolute atomic E-state index is 0.640. The van der Waals surface area contributed by atoms with E-state index in [0.717, 1.165) is 51.1 Å². The summed E-state index contributed by atoms with van der Waals surface area (Å²) in [5, 5.41) is 11.7. The second-order valence-corrected chi connectivity index (χ2v) is 7.34. The highest BCUT2D eigenvalue weighted by molar-refractivity contribution is 5.63.